The van der Waals surface area contributed by atoms with Gasteiger partial charge in [-0.1, -0.05) is 79.5 Å². The Labute approximate surface area is 252 Å². The molecule has 3 rings (SSSR count). The van der Waals surface area contributed by atoms with Gasteiger partial charge < -0.3 is 15.0 Å². The SMILES string of the molecule is COc1ccc(N(CC(=O)N(Cc2cccc(Cl)c2)[C@@H](Cc2ccccc2)C(=O)NCC(C)C)S(C)(=O)=O)cc1Cl. The van der Waals surface area contributed by atoms with Crippen LogP contribution in [0.15, 0.2) is 72.8 Å². The Morgan fingerprint density at radius 2 is 1.63 bits per heavy atom. The van der Waals surface area contributed by atoms with Crippen molar-refractivity contribution in [2.24, 2.45) is 5.92 Å². The lowest BCUT2D eigenvalue weighted by molar-refractivity contribution is -0.140. The Hall–Kier alpha value is -3.27. The molecule has 0 aliphatic carbocycles. The third kappa shape index (κ3) is 9.38. The highest BCUT2D eigenvalue weighted by molar-refractivity contribution is 7.92. The molecule has 3 aromatic rings. The molecule has 0 saturated carbocycles. The molecule has 0 spiro atoms. The second kappa shape index (κ2) is 14.6. The van der Waals surface area contributed by atoms with Crippen molar-refractivity contribution >= 4 is 50.7 Å². The van der Waals surface area contributed by atoms with Crippen LogP contribution in [-0.2, 0) is 32.6 Å². The van der Waals surface area contributed by atoms with Gasteiger partial charge in [0.2, 0.25) is 21.8 Å². The fourth-order valence-electron chi connectivity index (χ4n) is 4.23. The first-order valence-corrected chi connectivity index (χ1v) is 15.7. The molecule has 0 aromatic heterocycles. The zero-order valence-electron chi connectivity index (χ0n) is 23.5. The minimum atomic E-state index is -3.92. The minimum absolute atomic E-state index is 0.0347. The highest BCUT2D eigenvalue weighted by Gasteiger charge is 2.33. The van der Waals surface area contributed by atoms with Gasteiger partial charge in [-0.3, -0.25) is 13.9 Å². The van der Waals surface area contributed by atoms with E-state index in [1.807, 2.05) is 44.2 Å². The highest BCUT2D eigenvalue weighted by atomic mass is 35.5. The third-order valence-corrected chi connectivity index (χ3v) is 7.97. The molecule has 1 atom stereocenters. The van der Waals surface area contributed by atoms with E-state index in [-0.39, 0.29) is 35.5 Å². The van der Waals surface area contributed by atoms with Gasteiger partial charge in [-0.25, -0.2) is 8.42 Å². The minimum Gasteiger partial charge on any atom is -0.495 e. The molecule has 0 aliphatic heterocycles. The van der Waals surface area contributed by atoms with Crippen LogP contribution in [0, 0.1) is 5.92 Å². The number of hydrogen-bond donors (Lipinski definition) is 1. The third-order valence-electron chi connectivity index (χ3n) is 6.30. The second-order valence-electron chi connectivity index (χ2n) is 10.1. The number of benzene rings is 3. The van der Waals surface area contributed by atoms with E-state index in [1.165, 1.54) is 30.2 Å². The Morgan fingerprint density at radius 1 is 0.951 bits per heavy atom. The number of hydrogen-bond acceptors (Lipinski definition) is 5. The van der Waals surface area contributed by atoms with Crippen molar-refractivity contribution in [1.29, 1.82) is 0 Å². The molecule has 220 valence electrons. The fraction of sp³-hybridized carbons (Fsp3) is 0.333. The lowest BCUT2D eigenvalue weighted by Gasteiger charge is -2.33. The second-order valence-corrected chi connectivity index (χ2v) is 12.8. The molecule has 0 fully saturated rings. The van der Waals surface area contributed by atoms with Gasteiger partial charge in [0.15, 0.2) is 0 Å². The smallest absolute Gasteiger partial charge is 0.244 e. The summed E-state index contributed by atoms with van der Waals surface area (Å²) < 4.78 is 32.0. The van der Waals surface area contributed by atoms with Crippen LogP contribution in [0.1, 0.15) is 25.0 Å². The van der Waals surface area contributed by atoms with Gasteiger partial charge in [-0.05, 0) is 47.4 Å². The number of amides is 2. The van der Waals surface area contributed by atoms with E-state index in [9.17, 15) is 18.0 Å². The Morgan fingerprint density at radius 3 is 2.22 bits per heavy atom. The first-order valence-electron chi connectivity index (χ1n) is 13.1. The van der Waals surface area contributed by atoms with E-state index >= 15 is 0 Å². The highest BCUT2D eigenvalue weighted by Crippen LogP contribution is 2.30. The first-order chi connectivity index (χ1) is 19.4. The van der Waals surface area contributed by atoms with Crippen molar-refractivity contribution in [3.05, 3.63) is 94.0 Å². The van der Waals surface area contributed by atoms with Crippen LogP contribution >= 0.6 is 23.2 Å². The van der Waals surface area contributed by atoms with Crippen LogP contribution in [0.4, 0.5) is 5.69 Å². The normalized spacial score (nSPS) is 12.1. The van der Waals surface area contributed by atoms with E-state index in [4.69, 9.17) is 27.9 Å². The summed E-state index contributed by atoms with van der Waals surface area (Å²) in [4.78, 5) is 29.1. The van der Waals surface area contributed by atoms with E-state index in [0.29, 0.717) is 22.9 Å². The summed E-state index contributed by atoms with van der Waals surface area (Å²) in [6.45, 7) is 3.86. The van der Waals surface area contributed by atoms with Crippen LogP contribution in [-0.4, -0.2) is 57.6 Å². The first kappa shape index (κ1) is 32.2. The van der Waals surface area contributed by atoms with Crippen molar-refractivity contribution < 1.29 is 22.7 Å². The lowest BCUT2D eigenvalue weighted by atomic mass is 10.0. The number of anilines is 1. The number of nitrogens with zero attached hydrogens (tertiary/aromatic N) is 2. The fourth-order valence-corrected chi connectivity index (χ4v) is 5.54. The van der Waals surface area contributed by atoms with Crippen molar-refractivity contribution in [1.82, 2.24) is 10.2 Å². The number of halogens is 2. The predicted octanol–water partition coefficient (Wildman–Crippen LogP) is 5.18. The molecule has 0 aliphatic rings. The maximum atomic E-state index is 14.1. The quantitative estimate of drug-likeness (QED) is 0.284. The molecule has 0 heterocycles. The van der Waals surface area contributed by atoms with Crippen molar-refractivity contribution in [2.75, 3.05) is 30.8 Å². The molecule has 0 bridgehead atoms. The average Bonchev–Trinajstić information content (AvgIpc) is 2.92. The molecule has 0 saturated heterocycles. The van der Waals surface area contributed by atoms with Crippen LogP contribution in [0.3, 0.4) is 0 Å². The molecule has 0 unspecified atom stereocenters. The molecule has 11 heteroatoms. The Bertz CT molecular complexity index is 1450. The molecule has 8 nitrogen and oxygen atoms in total. The summed E-state index contributed by atoms with van der Waals surface area (Å²) in [5.41, 5.74) is 1.74. The average molecular weight is 621 g/mol. The summed E-state index contributed by atoms with van der Waals surface area (Å²) >= 11 is 12.5. The molecule has 3 aromatic carbocycles. The molecular weight excluding hydrogens is 585 g/mol. The number of nitrogens with one attached hydrogen (secondary N) is 1. The zero-order chi connectivity index (χ0) is 30.2. The van der Waals surface area contributed by atoms with Crippen molar-refractivity contribution in [2.45, 2.75) is 32.9 Å². The zero-order valence-corrected chi connectivity index (χ0v) is 25.8. The Balaban J connectivity index is 2.06. The maximum Gasteiger partial charge on any atom is 0.244 e. The van der Waals surface area contributed by atoms with Crippen LogP contribution in [0.25, 0.3) is 0 Å². The molecule has 41 heavy (non-hydrogen) atoms. The van der Waals surface area contributed by atoms with Crippen LogP contribution < -0.4 is 14.4 Å². The van der Waals surface area contributed by atoms with Gasteiger partial charge >= 0.3 is 0 Å². The number of ether oxygens (including phenoxy) is 1. The topological polar surface area (TPSA) is 96.0 Å². The molecular formula is C30H35Cl2N3O5S. The number of carbonyl (C=O) groups is 2. The van der Waals surface area contributed by atoms with E-state index < -0.39 is 28.5 Å². The molecule has 1 N–H and O–H groups in total. The van der Waals surface area contributed by atoms with Gasteiger partial charge in [0.25, 0.3) is 0 Å². The van der Waals surface area contributed by atoms with Gasteiger partial charge in [0.05, 0.1) is 24.1 Å². The van der Waals surface area contributed by atoms with E-state index in [1.54, 1.807) is 24.3 Å². The van der Waals surface area contributed by atoms with Gasteiger partial charge in [0.1, 0.15) is 18.3 Å². The summed E-state index contributed by atoms with van der Waals surface area (Å²) in [7, 11) is -2.48. The van der Waals surface area contributed by atoms with Crippen molar-refractivity contribution in [3.8, 4) is 5.75 Å². The maximum absolute atomic E-state index is 14.1. The molecule has 2 amide bonds. The largest absolute Gasteiger partial charge is 0.495 e. The number of carbonyl (C=O) groups excluding carboxylic acids is 2. The standard InChI is InChI=1S/C30H35Cl2N3O5S/c1-21(2)18-33-30(37)27(16-22-9-6-5-7-10-22)34(19-23-11-8-12-24(31)15-23)29(36)20-35(41(4,38)39)25-13-14-28(40-3)26(32)17-25/h5-15,17,21,27H,16,18-20H2,1-4H3,(H,33,37)/t27-/m0/s1. The van der Waals surface area contributed by atoms with Crippen LogP contribution in [0.5, 0.6) is 5.75 Å². The monoisotopic (exact) mass is 619 g/mol. The number of sulfonamides is 1. The number of methoxy groups -OCH3 is 1. The summed E-state index contributed by atoms with van der Waals surface area (Å²) in [5, 5.41) is 3.62. The predicted molar refractivity (Wildman–Crippen MR) is 164 cm³/mol. The van der Waals surface area contributed by atoms with E-state index in [0.717, 1.165) is 16.1 Å². The van der Waals surface area contributed by atoms with Crippen LogP contribution in [0.2, 0.25) is 10.0 Å². The Kier molecular flexibility index (Phi) is 11.5. The van der Waals surface area contributed by atoms with Gasteiger partial charge in [-0.15, -0.1) is 0 Å². The number of rotatable bonds is 13. The molecule has 0 radical (unpaired) electrons. The van der Waals surface area contributed by atoms with E-state index in [2.05, 4.69) is 5.32 Å². The summed E-state index contributed by atoms with van der Waals surface area (Å²) in [6, 6.07) is 19.9. The lowest BCUT2D eigenvalue weighted by Crippen LogP contribution is -2.53. The van der Waals surface area contributed by atoms with Crippen molar-refractivity contribution in [3.63, 3.8) is 0 Å². The van der Waals surface area contributed by atoms with Gasteiger partial charge in [-0.2, -0.15) is 0 Å². The summed E-state index contributed by atoms with van der Waals surface area (Å²) in [6.07, 6.45) is 1.24. The summed E-state index contributed by atoms with van der Waals surface area (Å²) in [5.74, 6) is -0.351. The van der Waals surface area contributed by atoms with Gasteiger partial charge in [0, 0.05) is 24.5 Å².